The monoisotopic (exact) mass is 331 g/mol. The summed E-state index contributed by atoms with van der Waals surface area (Å²) in [6, 6.07) is 7.28. The molecule has 0 radical (unpaired) electrons. The number of benzene rings is 1. The topological polar surface area (TPSA) is 88.1 Å². The maximum absolute atomic E-state index is 12.2. The molecule has 1 aromatic carbocycles. The van der Waals surface area contributed by atoms with E-state index in [-0.39, 0.29) is 17.7 Å². The molecule has 0 spiro atoms. The van der Waals surface area contributed by atoms with E-state index in [9.17, 15) is 14.4 Å². The summed E-state index contributed by atoms with van der Waals surface area (Å²) in [5.41, 5.74) is 4.86. The Morgan fingerprint density at radius 1 is 1.33 bits per heavy atom. The van der Waals surface area contributed by atoms with Crippen LogP contribution >= 0.6 is 0 Å². The summed E-state index contributed by atoms with van der Waals surface area (Å²) in [4.78, 5) is 35.9. The smallest absolute Gasteiger partial charge is 0.303 e. The highest BCUT2D eigenvalue weighted by molar-refractivity contribution is 6.06. The summed E-state index contributed by atoms with van der Waals surface area (Å²) in [6.07, 6.45) is -0.441. The second-order valence-corrected chi connectivity index (χ2v) is 5.83. The van der Waals surface area contributed by atoms with Crippen molar-refractivity contribution in [2.75, 3.05) is 11.9 Å². The number of rotatable bonds is 4. The summed E-state index contributed by atoms with van der Waals surface area (Å²) in [6.45, 7) is 4.75. The van der Waals surface area contributed by atoms with Crippen molar-refractivity contribution in [1.29, 1.82) is 0 Å². The second-order valence-electron chi connectivity index (χ2n) is 5.83. The second kappa shape index (κ2) is 7.25. The molecule has 1 aliphatic rings. The number of hydrogen-bond donors (Lipinski definition) is 1. The molecular formula is C17H21N3O4. The van der Waals surface area contributed by atoms with Crippen LogP contribution in [0.2, 0.25) is 0 Å². The Bertz CT molecular complexity index is 682. The van der Waals surface area contributed by atoms with E-state index in [2.05, 4.69) is 10.5 Å². The highest BCUT2D eigenvalue weighted by atomic mass is 16.5. The average molecular weight is 331 g/mol. The lowest BCUT2D eigenvalue weighted by atomic mass is 9.94. The minimum atomic E-state index is -0.842. The zero-order valence-electron chi connectivity index (χ0n) is 14.2. The first kappa shape index (κ1) is 17.7. The normalized spacial score (nSPS) is 18.2. The van der Waals surface area contributed by atoms with Gasteiger partial charge in [-0.1, -0.05) is 19.1 Å². The fourth-order valence-corrected chi connectivity index (χ4v) is 2.56. The van der Waals surface area contributed by atoms with Crippen molar-refractivity contribution < 1.29 is 19.1 Å². The molecule has 1 heterocycles. The molecule has 128 valence electrons. The lowest BCUT2D eigenvalue weighted by Gasteiger charge is -2.22. The fraction of sp³-hybridized carbons (Fsp3) is 0.412. The summed E-state index contributed by atoms with van der Waals surface area (Å²) in [5.74, 6) is -0.861. The van der Waals surface area contributed by atoms with E-state index in [0.29, 0.717) is 12.1 Å². The van der Waals surface area contributed by atoms with Gasteiger partial charge in [-0.25, -0.2) is 5.43 Å². The van der Waals surface area contributed by atoms with Gasteiger partial charge in [-0.3, -0.25) is 14.4 Å². The van der Waals surface area contributed by atoms with Gasteiger partial charge >= 0.3 is 5.97 Å². The number of hydrogen-bond acceptors (Lipinski definition) is 5. The summed E-state index contributed by atoms with van der Waals surface area (Å²) >= 11 is 0. The van der Waals surface area contributed by atoms with E-state index in [1.165, 1.54) is 18.7 Å². The van der Waals surface area contributed by atoms with Crippen molar-refractivity contribution in [2.45, 2.75) is 33.3 Å². The number of ether oxygens (including phenoxy) is 1. The first-order chi connectivity index (χ1) is 11.3. The van der Waals surface area contributed by atoms with Crippen molar-refractivity contribution >= 4 is 29.2 Å². The zero-order chi connectivity index (χ0) is 17.9. The molecule has 0 saturated heterocycles. The van der Waals surface area contributed by atoms with Crippen LogP contribution in [0.3, 0.4) is 0 Å². The molecule has 1 N–H and O–H groups in total. The van der Waals surface area contributed by atoms with Gasteiger partial charge in [0, 0.05) is 32.0 Å². The largest absolute Gasteiger partial charge is 0.453 e. The standard InChI is InChI=1S/C17H21N3O4/c1-10-9-15(22)18-19-16(10)13-5-7-14(8-6-13)20(4)17(23)11(2)24-12(3)21/h5-8,10-11H,9H2,1-4H3,(H,18,22). The quantitative estimate of drug-likeness (QED) is 0.846. The molecule has 1 aromatic rings. The van der Waals surface area contributed by atoms with Crippen LogP contribution in [0.5, 0.6) is 0 Å². The van der Waals surface area contributed by atoms with Crippen LogP contribution in [0, 0.1) is 5.92 Å². The number of carbonyl (C=O) groups excluding carboxylic acids is 3. The molecule has 2 amide bonds. The highest BCUT2D eigenvalue weighted by Gasteiger charge is 2.23. The zero-order valence-corrected chi connectivity index (χ0v) is 14.2. The third-order valence-corrected chi connectivity index (χ3v) is 3.83. The van der Waals surface area contributed by atoms with Crippen LogP contribution < -0.4 is 10.3 Å². The van der Waals surface area contributed by atoms with Crippen LogP contribution in [-0.2, 0) is 19.1 Å². The molecule has 24 heavy (non-hydrogen) atoms. The molecule has 0 aliphatic carbocycles. The van der Waals surface area contributed by atoms with E-state index in [1.807, 2.05) is 19.1 Å². The molecule has 7 nitrogen and oxygen atoms in total. The lowest BCUT2D eigenvalue weighted by molar-refractivity contribution is -0.151. The number of nitrogens with zero attached hydrogens (tertiary/aromatic N) is 2. The molecule has 0 bridgehead atoms. The summed E-state index contributed by atoms with van der Waals surface area (Å²) < 4.78 is 4.91. The lowest BCUT2D eigenvalue weighted by Crippen LogP contribution is -2.37. The first-order valence-electron chi connectivity index (χ1n) is 7.71. The molecule has 0 fully saturated rings. The fourth-order valence-electron chi connectivity index (χ4n) is 2.56. The number of nitrogens with one attached hydrogen (secondary N) is 1. The molecule has 7 heteroatoms. The Hall–Kier alpha value is -2.70. The van der Waals surface area contributed by atoms with Crippen LogP contribution in [0.15, 0.2) is 29.4 Å². The third-order valence-electron chi connectivity index (χ3n) is 3.83. The van der Waals surface area contributed by atoms with Crippen molar-refractivity contribution in [2.24, 2.45) is 11.0 Å². The summed E-state index contributed by atoms with van der Waals surface area (Å²) in [5, 5.41) is 4.11. The molecular weight excluding hydrogens is 310 g/mol. The molecule has 2 atom stereocenters. The van der Waals surface area contributed by atoms with Gasteiger partial charge < -0.3 is 9.64 Å². The van der Waals surface area contributed by atoms with Gasteiger partial charge in [-0.05, 0) is 24.6 Å². The predicted molar refractivity (Wildman–Crippen MR) is 89.5 cm³/mol. The number of hydrazone groups is 1. The van der Waals surface area contributed by atoms with E-state index in [0.717, 1.165) is 11.3 Å². The average Bonchev–Trinajstić information content (AvgIpc) is 2.53. The van der Waals surface area contributed by atoms with Crippen molar-refractivity contribution in [3.8, 4) is 0 Å². The van der Waals surface area contributed by atoms with Gasteiger partial charge in [0.1, 0.15) is 0 Å². The van der Waals surface area contributed by atoms with Crippen molar-refractivity contribution in [3.63, 3.8) is 0 Å². The van der Waals surface area contributed by atoms with Crippen molar-refractivity contribution in [3.05, 3.63) is 29.8 Å². The van der Waals surface area contributed by atoms with Gasteiger partial charge in [0.25, 0.3) is 5.91 Å². The number of esters is 1. The van der Waals surface area contributed by atoms with E-state index in [4.69, 9.17) is 4.74 Å². The Morgan fingerprint density at radius 2 is 1.96 bits per heavy atom. The summed E-state index contributed by atoms with van der Waals surface area (Å²) in [7, 11) is 1.62. The van der Waals surface area contributed by atoms with Crippen molar-refractivity contribution in [1.82, 2.24) is 5.43 Å². The van der Waals surface area contributed by atoms with Gasteiger partial charge in [0.05, 0.1) is 5.71 Å². The molecule has 1 aliphatic heterocycles. The molecule has 2 rings (SSSR count). The molecule has 0 saturated carbocycles. The van der Waals surface area contributed by atoms with Gasteiger partial charge in [-0.2, -0.15) is 5.10 Å². The van der Waals surface area contributed by atoms with Gasteiger partial charge in [-0.15, -0.1) is 0 Å². The molecule has 2 unspecified atom stereocenters. The van der Waals surface area contributed by atoms with E-state index < -0.39 is 12.1 Å². The van der Waals surface area contributed by atoms with Gasteiger partial charge in [0.2, 0.25) is 5.91 Å². The maximum atomic E-state index is 12.2. The number of amides is 2. The SMILES string of the molecule is CC(=O)OC(C)C(=O)N(C)c1ccc(C2=NNC(=O)CC2C)cc1. The maximum Gasteiger partial charge on any atom is 0.303 e. The number of likely N-dealkylation sites (N-methyl/N-ethyl adjacent to an activating group) is 1. The van der Waals surface area contributed by atoms with E-state index in [1.54, 1.807) is 19.2 Å². The van der Waals surface area contributed by atoms with Gasteiger partial charge in [0.15, 0.2) is 6.10 Å². The van der Waals surface area contributed by atoms with Crippen LogP contribution in [0.25, 0.3) is 0 Å². The Balaban J connectivity index is 2.13. The highest BCUT2D eigenvalue weighted by Crippen LogP contribution is 2.20. The number of carbonyl (C=O) groups is 3. The minimum absolute atomic E-state index is 0.0351. The molecule has 0 aromatic heterocycles. The Morgan fingerprint density at radius 3 is 2.50 bits per heavy atom. The first-order valence-corrected chi connectivity index (χ1v) is 7.71. The van der Waals surface area contributed by atoms with Crippen LogP contribution in [0.4, 0.5) is 5.69 Å². The third kappa shape index (κ3) is 3.98. The van der Waals surface area contributed by atoms with Crippen LogP contribution in [-0.4, -0.2) is 36.6 Å². The predicted octanol–water partition coefficient (Wildman–Crippen LogP) is 1.46. The number of anilines is 1. The van der Waals surface area contributed by atoms with Crippen LogP contribution in [0.1, 0.15) is 32.8 Å². The van der Waals surface area contributed by atoms with E-state index >= 15 is 0 Å². The Kier molecular flexibility index (Phi) is 5.33. The minimum Gasteiger partial charge on any atom is -0.453 e. The Labute approximate surface area is 140 Å².